The van der Waals surface area contributed by atoms with Crippen molar-refractivity contribution < 1.29 is 4.79 Å². The summed E-state index contributed by atoms with van der Waals surface area (Å²) < 4.78 is 0. The van der Waals surface area contributed by atoms with Crippen LogP contribution >= 0.6 is 23.1 Å². The van der Waals surface area contributed by atoms with Crippen molar-refractivity contribution in [3.8, 4) is 0 Å². The van der Waals surface area contributed by atoms with E-state index < -0.39 is 0 Å². The smallest absolute Gasteiger partial charge is 0.305 e. The van der Waals surface area contributed by atoms with Gasteiger partial charge in [-0.05, 0) is 12.5 Å². The third-order valence-electron chi connectivity index (χ3n) is 3.75. The molecule has 0 amide bonds. The van der Waals surface area contributed by atoms with Crippen LogP contribution in [0.1, 0.15) is 28.8 Å². The largest absolute Gasteiger partial charge is 0.307 e. The first-order valence-corrected chi connectivity index (χ1v) is 8.21. The maximum atomic E-state index is 11.7. The molecule has 2 heterocycles. The van der Waals surface area contributed by atoms with Crippen molar-refractivity contribution in [2.75, 3.05) is 0 Å². The van der Waals surface area contributed by atoms with Gasteiger partial charge in [0.05, 0.1) is 5.03 Å². The van der Waals surface area contributed by atoms with E-state index in [9.17, 15) is 9.59 Å². The third-order valence-corrected chi connectivity index (χ3v) is 6.09. The molecular weight excluding hydrogens is 290 g/mol. The Morgan fingerprint density at radius 1 is 1.25 bits per heavy atom. The quantitative estimate of drug-likeness (QED) is 0.867. The number of thiazole rings is 1. The molecule has 3 rings (SSSR count). The lowest BCUT2D eigenvalue weighted by Gasteiger charge is -2.32. The van der Waals surface area contributed by atoms with Gasteiger partial charge >= 0.3 is 4.87 Å². The highest BCUT2D eigenvalue weighted by Crippen LogP contribution is 2.47. The summed E-state index contributed by atoms with van der Waals surface area (Å²) in [6.45, 7) is 4.09. The van der Waals surface area contributed by atoms with Gasteiger partial charge in [-0.1, -0.05) is 48.1 Å². The molecule has 1 aliphatic rings. The lowest BCUT2D eigenvalue weighted by molar-refractivity contribution is -0.111. The molecule has 2 aromatic rings. The number of H-pyrrole nitrogens is 1. The molecule has 20 heavy (non-hydrogen) atoms. The van der Waals surface area contributed by atoms with E-state index in [1.165, 1.54) is 16.9 Å². The number of aromatic nitrogens is 1. The average molecular weight is 305 g/mol. The van der Waals surface area contributed by atoms with E-state index in [-0.39, 0.29) is 22.0 Å². The Labute approximate surface area is 125 Å². The fourth-order valence-corrected chi connectivity index (χ4v) is 5.06. The van der Waals surface area contributed by atoms with Crippen LogP contribution in [0.5, 0.6) is 0 Å². The number of fused-ring (bicyclic) bond motifs is 1. The van der Waals surface area contributed by atoms with Gasteiger partial charge in [-0.3, -0.25) is 4.79 Å². The highest BCUT2D eigenvalue weighted by atomic mass is 32.2. The molecule has 3 atom stereocenters. The summed E-state index contributed by atoms with van der Waals surface area (Å²) in [6.07, 6.45) is 1.04. The Hall–Kier alpha value is -1.33. The second kappa shape index (κ2) is 5.22. The molecule has 0 unspecified atom stereocenters. The Bertz CT molecular complexity index is 687. The summed E-state index contributed by atoms with van der Waals surface area (Å²) in [5.41, 5.74) is 2.30. The first-order valence-electron chi connectivity index (χ1n) is 6.51. The van der Waals surface area contributed by atoms with Gasteiger partial charge in [0.25, 0.3) is 0 Å². The van der Waals surface area contributed by atoms with Crippen molar-refractivity contribution in [1.29, 1.82) is 0 Å². The van der Waals surface area contributed by atoms with Gasteiger partial charge in [-0.2, -0.15) is 0 Å². The van der Waals surface area contributed by atoms with E-state index in [2.05, 4.69) is 29.2 Å². The predicted molar refractivity (Wildman–Crippen MR) is 82.8 cm³/mol. The van der Waals surface area contributed by atoms with E-state index in [0.717, 1.165) is 21.8 Å². The molecular formula is C15H15NO2S2. The number of hydrogen-bond donors (Lipinski definition) is 1. The number of thioether (sulfide) groups is 1. The van der Waals surface area contributed by atoms with Gasteiger partial charge in [-0.15, -0.1) is 11.8 Å². The summed E-state index contributed by atoms with van der Waals surface area (Å²) in [6, 6.07) is 8.23. The van der Waals surface area contributed by atoms with E-state index in [1.807, 2.05) is 13.8 Å². The van der Waals surface area contributed by atoms with Crippen molar-refractivity contribution in [3.05, 3.63) is 49.9 Å². The molecule has 0 bridgehead atoms. The molecule has 1 N–H and O–H groups in total. The zero-order valence-corrected chi connectivity index (χ0v) is 12.9. The maximum absolute atomic E-state index is 11.7. The summed E-state index contributed by atoms with van der Waals surface area (Å²) in [5, 5.41) is 1.09. The minimum absolute atomic E-state index is 0.0108. The monoisotopic (exact) mass is 305 g/mol. The van der Waals surface area contributed by atoms with Gasteiger partial charge in [0.2, 0.25) is 0 Å². The molecule has 0 saturated heterocycles. The molecule has 0 spiro atoms. The predicted octanol–water partition coefficient (Wildman–Crippen LogP) is 3.19. The molecule has 0 saturated carbocycles. The minimum atomic E-state index is -0.0957. The van der Waals surface area contributed by atoms with Crippen LogP contribution < -0.4 is 4.87 Å². The van der Waals surface area contributed by atoms with Crippen LogP contribution in [0.15, 0.2) is 34.1 Å². The summed E-state index contributed by atoms with van der Waals surface area (Å²) in [5.74, 6) is -0.107. The van der Waals surface area contributed by atoms with E-state index in [1.54, 1.807) is 11.8 Å². The molecule has 0 aliphatic carbocycles. The fourth-order valence-electron chi connectivity index (χ4n) is 2.67. The number of aryl methyl sites for hydroxylation is 1. The number of aromatic amines is 1. The highest BCUT2D eigenvalue weighted by Gasteiger charge is 2.38. The number of aldehydes is 1. The van der Waals surface area contributed by atoms with Crippen LogP contribution in [-0.2, 0) is 4.79 Å². The van der Waals surface area contributed by atoms with Crippen molar-refractivity contribution in [2.45, 2.75) is 30.0 Å². The number of benzene rings is 1. The van der Waals surface area contributed by atoms with Crippen molar-refractivity contribution in [3.63, 3.8) is 0 Å². The highest BCUT2D eigenvalue weighted by molar-refractivity contribution is 8.00. The van der Waals surface area contributed by atoms with Crippen LogP contribution in [0.2, 0.25) is 0 Å². The summed E-state index contributed by atoms with van der Waals surface area (Å²) in [7, 11) is 0. The first kappa shape index (κ1) is 13.6. The van der Waals surface area contributed by atoms with Crippen LogP contribution in [0, 0.1) is 12.8 Å². The normalized spacial score (nSPS) is 25.2. The SMILES string of the molecule is Cc1ccc([C@@H]2c3sc(=O)[nH]c3S[C@H](C)[C@@H]2C=O)cc1. The Balaban J connectivity index is 2.15. The number of rotatable bonds is 2. The Morgan fingerprint density at radius 3 is 2.60 bits per heavy atom. The molecule has 1 aromatic heterocycles. The van der Waals surface area contributed by atoms with Crippen LogP contribution in [-0.4, -0.2) is 16.5 Å². The van der Waals surface area contributed by atoms with Crippen molar-refractivity contribution >= 4 is 29.4 Å². The lowest BCUT2D eigenvalue weighted by Crippen LogP contribution is -2.28. The zero-order valence-electron chi connectivity index (χ0n) is 11.3. The molecule has 3 nitrogen and oxygen atoms in total. The second-order valence-corrected chi connectivity index (χ2v) is 7.53. The summed E-state index contributed by atoms with van der Waals surface area (Å²) in [4.78, 5) is 27.0. The van der Waals surface area contributed by atoms with Crippen LogP contribution in [0.4, 0.5) is 0 Å². The lowest BCUT2D eigenvalue weighted by atomic mass is 9.83. The first-order chi connectivity index (χ1) is 9.60. The number of carbonyl (C=O) groups excluding carboxylic acids is 1. The van der Waals surface area contributed by atoms with E-state index in [4.69, 9.17) is 0 Å². The Morgan fingerprint density at radius 2 is 1.95 bits per heavy atom. The van der Waals surface area contributed by atoms with E-state index >= 15 is 0 Å². The topological polar surface area (TPSA) is 49.9 Å². The minimum Gasteiger partial charge on any atom is -0.307 e. The van der Waals surface area contributed by atoms with Crippen molar-refractivity contribution in [1.82, 2.24) is 4.98 Å². The molecule has 0 fully saturated rings. The Kier molecular flexibility index (Phi) is 3.56. The van der Waals surface area contributed by atoms with Crippen LogP contribution in [0.3, 0.4) is 0 Å². The van der Waals surface area contributed by atoms with Gasteiger partial charge in [-0.25, -0.2) is 0 Å². The molecule has 1 aromatic carbocycles. The van der Waals surface area contributed by atoms with Crippen molar-refractivity contribution in [2.24, 2.45) is 5.92 Å². The number of hydrogen-bond acceptors (Lipinski definition) is 4. The van der Waals surface area contributed by atoms with Gasteiger partial charge in [0.15, 0.2) is 0 Å². The summed E-state index contributed by atoms with van der Waals surface area (Å²) >= 11 is 2.82. The maximum Gasteiger partial charge on any atom is 0.305 e. The van der Waals surface area contributed by atoms with Gasteiger partial charge < -0.3 is 9.78 Å². The van der Waals surface area contributed by atoms with Crippen LogP contribution in [0.25, 0.3) is 0 Å². The van der Waals surface area contributed by atoms with Gasteiger partial charge in [0.1, 0.15) is 6.29 Å². The molecule has 104 valence electrons. The second-order valence-electron chi connectivity index (χ2n) is 5.13. The molecule has 0 radical (unpaired) electrons. The number of nitrogens with one attached hydrogen (secondary N) is 1. The molecule has 5 heteroatoms. The standard InChI is InChI=1S/C15H15NO2S2/c1-8-3-5-10(6-4-8)12-11(7-17)9(2)19-14-13(12)20-15(18)16-14/h3-7,9,11-12H,1-2H3,(H,16,18)/t9-,11+,12+/m1/s1. The number of carbonyl (C=O) groups is 1. The van der Waals surface area contributed by atoms with Gasteiger partial charge in [0, 0.05) is 22.0 Å². The van der Waals surface area contributed by atoms with E-state index in [0.29, 0.717) is 0 Å². The molecule has 1 aliphatic heterocycles. The average Bonchev–Trinajstić information content (AvgIpc) is 2.78. The third kappa shape index (κ3) is 2.25. The zero-order chi connectivity index (χ0) is 14.3. The fraction of sp³-hybridized carbons (Fsp3) is 0.333.